The standard InChI is InChI=1S/C24H15FN6/c25-16-13-17(28-19-5-1-3-7-21(19)30-23(28)9-11-26-30)15-18(14-16)29-20-6-2-4-8-22(20)31-24(29)10-12-27-31/h1-15H. The van der Waals surface area contributed by atoms with Gasteiger partial charge >= 0.3 is 0 Å². The molecule has 0 aliphatic carbocycles. The molecule has 4 aromatic heterocycles. The van der Waals surface area contributed by atoms with Crippen LogP contribution in [-0.4, -0.2) is 28.4 Å². The van der Waals surface area contributed by atoms with Crippen LogP contribution in [-0.2, 0) is 0 Å². The topological polar surface area (TPSA) is 44.5 Å². The number of nitrogens with zero attached hydrogens (tertiary/aromatic N) is 6. The van der Waals surface area contributed by atoms with Crippen LogP contribution in [0.25, 0.3) is 44.7 Å². The highest BCUT2D eigenvalue weighted by atomic mass is 19.1. The number of hydrogen-bond acceptors (Lipinski definition) is 2. The second-order valence-corrected chi connectivity index (χ2v) is 7.52. The van der Waals surface area contributed by atoms with Gasteiger partial charge in [-0.1, -0.05) is 24.3 Å². The van der Waals surface area contributed by atoms with E-state index in [4.69, 9.17) is 0 Å². The van der Waals surface area contributed by atoms with E-state index in [9.17, 15) is 4.39 Å². The second-order valence-electron chi connectivity index (χ2n) is 7.52. The molecule has 6 nitrogen and oxygen atoms in total. The molecule has 0 unspecified atom stereocenters. The molecule has 0 atom stereocenters. The van der Waals surface area contributed by atoms with Crippen molar-refractivity contribution in [3.63, 3.8) is 0 Å². The lowest BCUT2D eigenvalue weighted by Crippen LogP contribution is -2.00. The monoisotopic (exact) mass is 406 g/mol. The van der Waals surface area contributed by atoms with Gasteiger partial charge in [-0.3, -0.25) is 9.13 Å². The molecule has 0 bridgehead atoms. The van der Waals surface area contributed by atoms with Crippen molar-refractivity contribution in [3.8, 4) is 11.4 Å². The normalized spacial score (nSPS) is 12.0. The maximum atomic E-state index is 15.0. The highest BCUT2D eigenvalue weighted by Gasteiger charge is 2.17. The van der Waals surface area contributed by atoms with Crippen molar-refractivity contribution in [1.82, 2.24) is 28.4 Å². The van der Waals surface area contributed by atoms with Crippen LogP contribution in [0.4, 0.5) is 4.39 Å². The molecule has 3 aromatic carbocycles. The molecule has 0 saturated heterocycles. The van der Waals surface area contributed by atoms with E-state index in [2.05, 4.69) is 10.2 Å². The second kappa shape index (κ2) is 5.82. The fourth-order valence-corrected chi connectivity index (χ4v) is 4.57. The van der Waals surface area contributed by atoms with Crippen molar-refractivity contribution in [2.45, 2.75) is 0 Å². The van der Waals surface area contributed by atoms with E-state index in [-0.39, 0.29) is 5.82 Å². The summed E-state index contributed by atoms with van der Waals surface area (Å²) in [6, 6.07) is 25.0. The zero-order valence-electron chi connectivity index (χ0n) is 16.2. The molecule has 0 aliphatic heterocycles. The van der Waals surface area contributed by atoms with Crippen molar-refractivity contribution in [2.24, 2.45) is 0 Å². The molecule has 7 heteroatoms. The van der Waals surface area contributed by atoms with Crippen molar-refractivity contribution < 1.29 is 4.39 Å². The maximum absolute atomic E-state index is 15.0. The quantitative estimate of drug-likeness (QED) is 0.405. The minimum absolute atomic E-state index is 0.307. The lowest BCUT2D eigenvalue weighted by molar-refractivity contribution is 0.626. The van der Waals surface area contributed by atoms with Crippen LogP contribution in [0.1, 0.15) is 0 Å². The molecule has 0 radical (unpaired) electrons. The average Bonchev–Trinajstić information content (AvgIpc) is 3.53. The average molecular weight is 406 g/mol. The number of benzene rings is 3. The van der Waals surface area contributed by atoms with E-state index in [1.165, 1.54) is 0 Å². The van der Waals surface area contributed by atoms with Gasteiger partial charge in [0.15, 0.2) is 0 Å². The van der Waals surface area contributed by atoms with Crippen molar-refractivity contribution in [1.29, 1.82) is 0 Å². The van der Waals surface area contributed by atoms with E-state index in [0.717, 1.165) is 44.7 Å². The smallest absolute Gasteiger partial charge is 0.141 e. The number of fused-ring (bicyclic) bond motifs is 6. The van der Waals surface area contributed by atoms with Crippen molar-refractivity contribution >= 4 is 33.4 Å². The summed E-state index contributed by atoms with van der Waals surface area (Å²) >= 11 is 0. The molecular weight excluding hydrogens is 391 g/mol. The Morgan fingerprint density at radius 1 is 0.548 bits per heavy atom. The number of para-hydroxylation sites is 4. The SMILES string of the molecule is Fc1cc(-n2c3ccccc3n3nccc23)cc(-n2c3ccccc3n3nccc23)c1. The Hall–Kier alpha value is -4.39. The Balaban J connectivity index is 1.57. The van der Waals surface area contributed by atoms with Gasteiger partial charge in [0, 0.05) is 12.1 Å². The molecule has 0 spiro atoms. The number of hydrogen-bond donors (Lipinski definition) is 0. The van der Waals surface area contributed by atoms with E-state index in [0.29, 0.717) is 0 Å². The summed E-state index contributed by atoms with van der Waals surface area (Å²) in [5.74, 6) is -0.307. The Morgan fingerprint density at radius 2 is 1.00 bits per heavy atom. The fourth-order valence-electron chi connectivity index (χ4n) is 4.57. The summed E-state index contributed by atoms with van der Waals surface area (Å²) in [5, 5.41) is 8.90. The van der Waals surface area contributed by atoms with Crippen LogP contribution in [0.2, 0.25) is 0 Å². The van der Waals surface area contributed by atoms with Crippen LogP contribution in [0, 0.1) is 5.82 Å². The summed E-state index contributed by atoms with van der Waals surface area (Å²) in [7, 11) is 0. The Labute approximate surface area is 175 Å². The van der Waals surface area contributed by atoms with Gasteiger partial charge in [0.1, 0.15) is 17.1 Å². The molecular formula is C24H15FN6. The molecule has 7 aromatic rings. The molecule has 0 amide bonds. The summed E-state index contributed by atoms with van der Waals surface area (Å²) < 4.78 is 22.8. The highest BCUT2D eigenvalue weighted by molar-refractivity contribution is 5.86. The number of rotatable bonds is 2. The first-order chi connectivity index (χ1) is 15.3. The van der Waals surface area contributed by atoms with Gasteiger partial charge < -0.3 is 0 Å². The third-order valence-electron chi connectivity index (χ3n) is 5.79. The van der Waals surface area contributed by atoms with Gasteiger partial charge in [0.25, 0.3) is 0 Å². The van der Waals surface area contributed by atoms with Crippen LogP contribution in [0.3, 0.4) is 0 Å². The van der Waals surface area contributed by atoms with E-state index < -0.39 is 0 Å². The Kier molecular flexibility index (Phi) is 3.08. The van der Waals surface area contributed by atoms with Crippen molar-refractivity contribution in [3.05, 3.63) is 97.1 Å². The number of aromatic nitrogens is 6. The molecule has 0 N–H and O–H groups in total. The first-order valence-electron chi connectivity index (χ1n) is 9.97. The van der Waals surface area contributed by atoms with Crippen LogP contribution in [0.5, 0.6) is 0 Å². The zero-order chi connectivity index (χ0) is 20.5. The number of imidazole rings is 2. The Morgan fingerprint density at radius 3 is 1.48 bits per heavy atom. The van der Waals surface area contributed by atoms with E-state index >= 15 is 0 Å². The predicted molar refractivity (Wildman–Crippen MR) is 118 cm³/mol. The third kappa shape index (κ3) is 2.14. The minimum Gasteiger partial charge on any atom is -0.293 e. The first kappa shape index (κ1) is 16.4. The summed E-state index contributed by atoms with van der Waals surface area (Å²) in [4.78, 5) is 0. The maximum Gasteiger partial charge on any atom is 0.141 e. The summed E-state index contributed by atoms with van der Waals surface area (Å²) in [6.45, 7) is 0. The van der Waals surface area contributed by atoms with Crippen LogP contribution >= 0.6 is 0 Å². The molecule has 7 rings (SSSR count). The molecule has 31 heavy (non-hydrogen) atoms. The first-order valence-corrected chi connectivity index (χ1v) is 9.97. The zero-order valence-corrected chi connectivity index (χ0v) is 16.2. The van der Waals surface area contributed by atoms with Gasteiger partial charge in [-0.15, -0.1) is 0 Å². The third-order valence-corrected chi connectivity index (χ3v) is 5.79. The van der Waals surface area contributed by atoms with Gasteiger partial charge in [0.2, 0.25) is 0 Å². The lowest BCUT2D eigenvalue weighted by atomic mass is 10.2. The largest absolute Gasteiger partial charge is 0.293 e. The van der Waals surface area contributed by atoms with E-state index in [1.807, 2.05) is 84.9 Å². The van der Waals surface area contributed by atoms with Crippen molar-refractivity contribution in [2.75, 3.05) is 0 Å². The minimum atomic E-state index is -0.307. The Bertz CT molecular complexity index is 1640. The summed E-state index contributed by atoms with van der Waals surface area (Å²) in [6.07, 6.45) is 3.52. The molecule has 4 heterocycles. The van der Waals surface area contributed by atoms with Gasteiger partial charge in [-0.25, -0.2) is 13.4 Å². The van der Waals surface area contributed by atoms with Crippen LogP contribution < -0.4 is 0 Å². The van der Waals surface area contributed by atoms with Gasteiger partial charge in [-0.2, -0.15) is 10.2 Å². The lowest BCUT2D eigenvalue weighted by Gasteiger charge is -2.11. The molecule has 148 valence electrons. The predicted octanol–water partition coefficient (Wildman–Crippen LogP) is 5.01. The van der Waals surface area contributed by atoms with E-state index in [1.54, 1.807) is 24.5 Å². The van der Waals surface area contributed by atoms with Gasteiger partial charge in [-0.05, 0) is 42.5 Å². The fraction of sp³-hybridized carbons (Fsp3) is 0. The van der Waals surface area contributed by atoms with Gasteiger partial charge in [0.05, 0.1) is 45.8 Å². The molecule has 0 fully saturated rings. The molecule has 0 aliphatic rings. The number of halogens is 1. The highest BCUT2D eigenvalue weighted by Crippen LogP contribution is 2.30. The molecule has 0 saturated carbocycles. The van der Waals surface area contributed by atoms with Crippen LogP contribution in [0.15, 0.2) is 91.3 Å². The summed E-state index contributed by atoms with van der Waals surface area (Å²) in [5.41, 5.74) is 7.10.